The molecule has 32 heavy (non-hydrogen) atoms. The van der Waals surface area contributed by atoms with Crippen molar-refractivity contribution in [3.8, 4) is 0 Å². The molecule has 6 rings (SSSR count). The first-order chi connectivity index (χ1) is 14.9. The maximum atomic E-state index is 6.93. The van der Waals surface area contributed by atoms with Crippen LogP contribution >= 0.6 is 0 Å². The highest BCUT2D eigenvalue weighted by molar-refractivity contribution is 6.74. The molecule has 6 fully saturated rings. The van der Waals surface area contributed by atoms with Gasteiger partial charge in [-0.1, -0.05) is 34.6 Å². The van der Waals surface area contributed by atoms with E-state index >= 15 is 0 Å². The Labute approximate surface area is 196 Å². The first-order valence-corrected chi connectivity index (χ1v) is 16.4. The second-order valence-electron chi connectivity index (χ2n) is 14.1. The van der Waals surface area contributed by atoms with Crippen molar-refractivity contribution in [1.82, 2.24) is 0 Å². The summed E-state index contributed by atoms with van der Waals surface area (Å²) in [6.07, 6.45) is 10.1. The van der Waals surface area contributed by atoms with Gasteiger partial charge in [-0.3, -0.25) is 0 Å². The maximum absolute atomic E-state index is 6.93. The minimum Gasteiger partial charge on any atom is -0.414 e. The van der Waals surface area contributed by atoms with Gasteiger partial charge in [0.2, 0.25) is 0 Å². The largest absolute Gasteiger partial charge is 0.414 e. The predicted octanol–water partition coefficient (Wildman–Crippen LogP) is 6.15. The molecule has 0 aromatic rings. The molecular weight excluding hydrogens is 416 g/mol. The fourth-order valence-electron chi connectivity index (χ4n) is 9.17. The van der Waals surface area contributed by atoms with Crippen LogP contribution in [-0.4, -0.2) is 45.6 Å². The normalized spacial score (nSPS) is 51.7. The van der Waals surface area contributed by atoms with Crippen LogP contribution in [0.15, 0.2) is 0 Å². The fraction of sp³-hybridized carbons (Fsp3) is 1.00. The van der Waals surface area contributed by atoms with E-state index in [1.54, 1.807) is 0 Å². The minimum absolute atomic E-state index is 0.0428. The number of ether oxygens (including phenoxy) is 3. The highest BCUT2D eigenvalue weighted by atomic mass is 28.4. The zero-order valence-corrected chi connectivity index (χ0v) is 22.5. The molecule has 182 valence electrons. The summed E-state index contributed by atoms with van der Waals surface area (Å²) in [6, 6.07) is 0. The molecule has 4 saturated carbocycles. The van der Waals surface area contributed by atoms with Crippen LogP contribution in [0, 0.1) is 34.5 Å². The van der Waals surface area contributed by atoms with E-state index in [2.05, 4.69) is 47.7 Å². The van der Waals surface area contributed by atoms with Gasteiger partial charge in [0.15, 0.2) is 14.1 Å². The van der Waals surface area contributed by atoms with Gasteiger partial charge in [-0.15, -0.1) is 0 Å². The molecule has 2 heterocycles. The average Bonchev–Trinajstić information content (AvgIpc) is 3.26. The van der Waals surface area contributed by atoms with Gasteiger partial charge in [0, 0.05) is 12.5 Å². The first kappa shape index (κ1) is 22.5. The molecule has 0 bridgehead atoms. The SMILES string of the molecule is CC(C)(C)[Si](C)(C)O[C@@H]1CC[C@]2(C)C3C(CC[C@@H]2C1)C1CCC2(OCCO2)[C@@]1(C)[C@H]1O[C@@H]31. The van der Waals surface area contributed by atoms with E-state index in [9.17, 15) is 0 Å². The summed E-state index contributed by atoms with van der Waals surface area (Å²) in [5, 5.41) is 0.289. The van der Waals surface area contributed by atoms with Gasteiger partial charge in [-0.2, -0.15) is 0 Å². The summed E-state index contributed by atoms with van der Waals surface area (Å²) in [6.45, 7) is 18.5. The van der Waals surface area contributed by atoms with E-state index in [0.717, 1.165) is 37.4 Å². The Morgan fingerprint density at radius 3 is 2.34 bits per heavy atom. The maximum Gasteiger partial charge on any atom is 0.192 e. The molecule has 0 amide bonds. The van der Waals surface area contributed by atoms with E-state index in [-0.39, 0.29) is 16.2 Å². The van der Waals surface area contributed by atoms with Gasteiger partial charge in [-0.05, 0) is 85.7 Å². The fourth-order valence-corrected chi connectivity index (χ4v) is 10.6. The average molecular weight is 463 g/mol. The molecule has 6 aliphatic rings. The van der Waals surface area contributed by atoms with Crippen molar-refractivity contribution in [1.29, 1.82) is 0 Å². The van der Waals surface area contributed by atoms with E-state index in [1.165, 1.54) is 38.5 Å². The Kier molecular flexibility index (Phi) is 4.81. The molecule has 0 aromatic carbocycles. The molecule has 0 radical (unpaired) electrons. The zero-order chi connectivity index (χ0) is 22.7. The van der Waals surface area contributed by atoms with Crippen LogP contribution in [0.4, 0.5) is 0 Å². The summed E-state index contributed by atoms with van der Waals surface area (Å²) in [5.41, 5.74) is 0.450. The summed E-state index contributed by atoms with van der Waals surface area (Å²) in [7, 11) is -1.71. The summed E-state index contributed by atoms with van der Waals surface area (Å²) >= 11 is 0. The molecule has 2 aliphatic heterocycles. The lowest BCUT2D eigenvalue weighted by molar-refractivity contribution is -0.242. The lowest BCUT2D eigenvalue weighted by Crippen LogP contribution is -2.61. The topological polar surface area (TPSA) is 40.2 Å². The predicted molar refractivity (Wildman–Crippen MR) is 128 cm³/mol. The van der Waals surface area contributed by atoms with Crippen molar-refractivity contribution in [2.24, 2.45) is 34.5 Å². The molecule has 9 atom stereocenters. The minimum atomic E-state index is -1.71. The molecule has 5 heteroatoms. The summed E-state index contributed by atoms with van der Waals surface area (Å²) in [5.74, 6) is 2.60. The lowest BCUT2D eigenvalue weighted by atomic mass is 9.45. The third kappa shape index (κ3) is 2.81. The number of epoxide rings is 1. The highest BCUT2D eigenvalue weighted by Gasteiger charge is 2.78. The van der Waals surface area contributed by atoms with Crippen LogP contribution in [0.3, 0.4) is 0 Å². The van der Waals surface area contributed by atoms with Crippen LogP contribution in [0.25, 0.3) is 0 Å². The monoisotopic (exact) mass is 462 g/mol. The number of fused-ring (bicyclic) bond motifs is 9. The van der Waals surface area contributed by atoms with Gasteiger partial charge < -0.3 is 18.6 Å². The Bertz CT molecular complexity index is 770. The van der Waals surface area contributed by atoms with Crippen molar-refractivity contribution in [2.75, 3.05) is 13.2 Å². The van der Waals surface area contributed by atoms with Gasteiger partial charge in [-0.25, -0.2) is 0 Å². The number of rotatable bonds is 2. The third-order valence-electron chi connectivity index (χ3n) is 11.9. The standard InChI is InChI=1S/C27H46O4Si/c1-24(2,3)32(6,7)31-18-10-12-25(4)17(16-18)8-9-19-20-11-13-27(28-14-15-29-27)26(20,5)23-22(30-23)21(19)25/h17-23H,8-16H2,1-7H3/t17-,18-,19?,20?,21?,22+,23+,25+,26-/m1/s1. The van der Waals surface area contributed by atoms with Crippen molar-refractivity contribution < 1.29 is 18.6 Å². The van der Waals surface area contributed by atoms with Gasteiger partial charge in [0.25, 0.3) is 0 Å². The van der Waals surface area contributed by atoms with E-state index in [4.69, 9.17) is 18.6 Å². The molecule has 0 N–H and O–H groups in total. The quantitative estimate of drug-likeness (QED) is 0.364. The Balaban J connectivity index is 1.23. The highest BCUT2D eigenvalue weighted by Crippen LogP contribution is 2.74. The zero-order valence-electron chi connectivity index (χ0n) is 21.5. The van der Waals surface area contributed by atoms with E-state index < -0.39 is 8.32 Å². The van der Waals surface area contributed by atoms with Crippen LogP contribution in [0.5, 0.6) is 0 Å². The van der Waals surface area contributed by atoms with Crippen LogP contribution in [0.2, 0.25) is 18.1 Å². The van der Waals surface area contributed by atoms with Crippen LogP contribution in [0.1, 0.15) is 79.6 Å². The molecule has 3 unspecified atom stereocenters. The number of hydrogen-bond donors (Lipinski definition) is 0. The van der Waals surface area contributed by atoms with Gasteiger partial charge >= 0.3 is 0 Å². The second-order valence-corrected chi connectivity index (χ2v) is 18.9. The molecule has 4 aliphatic carbocycles. The van der Waals surface area contributed by atoms with Crippen molar-refractivity contribution in [3.05, 3.63) is 0 Å². The first-order valence-electron chi connectivity index (χ1n) is 13.5. The van der Waals surface area contributed by atoms with Crippen LogP contribution < -0.4 is 0 Å². The van der Waals surface area contributed by atoms with Crippen molar-refractivity contribution >= 4 is 8.32 Å². The van der Waals surface area contributed by atoms with Crippen LogP contribution in [-0.2, 0) is 18.6 Å². The smallest absolute Gasteiger partial charge is 0.192 e. The van der Waals surface area contributed by atoms with Gasteiger partial charge in [0.05, 0.1) is 30.8 Å². The Morgan fingerprint density at radius 2 is 1.66 bits per heavy atom. The second kappa shape index (κ2) is 6.84. The molecule has 4 nitrogen and oxygen atoms in total. The Morgan fingerprint density at radius 1 is 0.938 bits per heavy atom. The Hall–Kier alpha value is 0.0569. The summed E-state index contributed by atoms with van der Waals surface area (Å²) < 4.78 is 26.3. The van der Waals surface area contributed by atoms with Crippen molar-refractivity contribution in [3.63, 3.8) is 0 Å². The summed E-state index contributed by atoms with van der Waals surface area (Å²) in [4.78, 5) is 0. The molecule has 0 aromatic heterocycles. The van der Waals surface area contributed by atoms with E-state index in [1.807, 2.05) is 0 Å². The molecular formula is C27H46O4Si. The molecule has 1 spiro atoms. The van der Waals surface area contributed by atoms with Crippen molar-refractivity contribution in [2.45, 2.75) is 122 Å². The van der Waals surface area contributed by atoms with E-state index in [0.29, 0.717) is 29.6 Å². The molecule has 2 saturated heterocycles. The number of hydrogen-bond acceptors (Lipinski definition) is 4. The van der Waals surface area contributed by atoms with Gasteiger partial charge in [0.1, 0.15) is 0 Å². The third-order valence-corrected chi connectivity index (χ3v) is 16.5. The lowest BCUT2D eigenvalue weighted by Gasteiger charge is -2.60.